The Morgan fingerprint density at radius 3 is 2.54 bits per heavy atom. The van der Waals surface area contributed by atoms with E-state index in [9.17, 15) is 18.8 Å². The molecule has 0 aliphatic carbocycles. The highest BCUT2D eigenvalue weighted by atomic mass is 32.1. The van der Waals surface area contributed by atoms with Crippen LogP contribution in [0.1, 0.15) is 39.8 Å². The molecule has 2 rings (SSSR count). The number of benzene rings is 1. The zero-order valence-corrected chi connectivity index (χ0v) is 14.7. The first-order chi connectivity index (χ1) is 12.4. The summed E-state index contributed by atoms with van der Waals surface area (Å²) in [6, 6.07) is 6.84. The van der Waals surface area contributed by atoms with Gasteiger partial charge in [-0.15, -0.1) is 11.3 Å². The number of nitriles is 1. The van der Waals surface area contributed by atoms with Gasteiger partial charge >= 0.3 is 5.97 Å². The average molecular weight is 374 g/mol. The lowest BCUT2D eigenvalue weighted by Gasteiger charge is -2.07. The van der Waals surface area contributed by atoms with Crippen molar-refractivity contribution < 1.29 is 23.5 Å². The Balaban J connectivity index is 1.80. The number of halogens is 1. The van der Waals surface area contributed by atoms with Crippen molar-refractivity contribution in [3.05, 3.63) is 51.7 Å². The largest absolute Gasteiger partial charge is 0.458 e. The Morgan fingerprint density at radius 1 is 1.27 bits per heavy atom. The number of hydrogen-bond donors (Lipinski definition) is 0. The van der Waals surface area contributed by atoms with Crippen LogP contribution in [-0.2, 0) is 14.3 Å². The monoisotopic (exact) mass is 374 g/mol. The molecule has 0 spiro atoms. The van der Waals surface area contributed by atoms with E-state index in [0.29, 0.717) is 16.3 Å². The van der Waals surface area contributed by atoms with E-state index >= 15 is 0 Å². The number of ketones is 2. The highest BCUT2D eigenvalue weighted by Gasteiger charge is 2.24. The number of esters is 1. The summed E-state index contributed by atoms with van der Waals surface area (Å²) in [6.07, 6.45) is -0.330. The first kappa shape index (κ1) is 19.4. The van der Waals surface area contributed by atoms with Gasteiger partial charge in [0.05, 0.1) is 12.5 Å². The van der Waals surface area contributed by atoms with Gasteiger partial charge in [-0.1, -0.05) is 0 Å². The summed E-state index contributed by atoms with van der Waals surface area (Å²) < 4.78 is 17.7. The maximum Gasteiger partial charge on any atom is 0.306 e. The van der Waals surface area contributed by atoms with Gasteiger partial charge in [-0.25, -0.2) is 9.37 Å². The predicted octanol–water partition coefficient (Wildman–Crippen LogP) is 2.97. The molecular weight excluding hydrogens is 359 g/mol. The molecule has 0 unspecified atom stereocenters. The number of Topliss-reactive ketones (excluding diaryl/α,β-unsaturated/α-hetero) is 2. The summed E-state index contributed by atoms with van der Waals surface area (Å²) in [5.74, 6) is -3.16. The third-order valence-corrected chi connectivity index (χ3v) is 4.46. The van der Waals surface area contributed by atoms with Crippen LogP contribution in [0.25, 0.3) is 0 Å². The van der Waals surface area contributed by atoms with Gasteiger partial charge in [0.1, 0.15) is 10.8 Å². The summed E-state index contributed by atoms with van der Waals surface area (Å²) >= 11 is 1.19. The lowest BCUT2D eigenvalue weighted by atomic mass is 10.1. The van der Waals surface area contributed by atoms with Crippen LogP contribution in [0.2, 0.25) is 0 Å². The molecule has 1 atom stereocenters. The molecule has 0 saturated heterocycles. The molecule has 8 heteroatoms. The molecule has 1 heterocycles. The fourth-order valence-electron chi connectivity index (χ4n) is 2.07. The Labute approximate surface area is 153 Å². The number of carbonyl (C=O) groups is 3. The van der Waals surface area contributed by atoms with Crippen molar-refractivity contribution in [2.45, 2.75) is 25.7 Å². The van der Waals surface area contributed by atoms with Gasteiger partial charge in [-0.3, -0.25) is 14.4 Å². The summed E-state index contributed by atoms with van der Waals surface area (Å²) in [5.41, 5.74) is 0.994. The van der Waals surface area contributed by atoms with Crippen LogP contribution < -0.4 is 0 Å². The van der Waals surface area contributed by atoms with Crippen LogP contribution in [0.4, 0.5) is 4.39 Å². The van der Waals surface area contributed by atoms with Crippen LogP contribution in [0.15, 0.2) is 29.6 Å². The molecule has 6 nitrogen and oxygen atoms in total. The van der Waals surface area contributed by atoms with Crippen molar-refractivity contribution in [1.82, 2.24) is 4.98 Å². The van der Waals surface area contributed by atoms with Gasteiger partial charge in [0.25, 0.3) is 0 Å². The molecule has 26 heavy (non-hydrogen) atoms. The molecular formula is C18H15FN2O4S. The maximum absolute atomic E-state index is 12.8. The van der Waals surface area contributed by atoms with Gasteiger partial charge in [-0.05, 0) is 31.2 Å². The zero-order valence-electron chi connectivity index (χ0n) is 13.9. The van der Waals surface area contributed by atoms with E-state index in [1.54, 1.807) is 12.3 Å². The van der Waals surface area contributed by atoms with Gasteiger partial charge in [0.15, 0.2) is 24.1 Å². The second-order valence-electron chi connectivity index (χ2n) is 5.45. The third kappa shape index (κ3) is 5.29. The SMILES string of the molecule is Cc1csc([C@@H](C#N)C(=O)COC(=O)CCC(=O)c2ccc(F)cc2)n1. The third-order valence-electron chi connectivity index (χ3n) is 3.43. The fraction of sp³-hybridized carbons (Fsp3) is 0.278. The quantitative estimate of drug-likeness (QED) is 0.520. The molecule has 0 fully saturated rings. The minimum absolute atomic E-state index is 0.119. The first-order valence-corrected chi connectivity index (χ1v) is 8.57. The zero-order chi connectivity index (χ0) is 19.1. The van der Waals surface area contributed by atoms with E-state index in [1.807, 2.05) is 6.07 Å². The lowest BCUT2D eigenvalue weighted by Crippen LogP contribution is -2.20. The number of hydrogen-bond acceptors (Lipinski definition) is 7. The van der Waals surface area contributed by atoms with E-state index < -0.39 is 30.1 Å². The van der Waals surface area contributed by atoms with Crippen molar-refractivity contribution in [2.24, 2.45) is 0 Å². The summed E-state index contributed by atoms with van der Waals surface area (Å²) in [5, 5.41) is 11.2. The Hall–Kier alpha value is -2.92. The Kier molecular flexibility index (Phi) is 6.69. The molecule has 1 aromatic heterocycles. The summed E-state index contributed by atoms with van der Waals surface area (Å²) in [7, 11) is 0. The Morgan fingerprint density at radius 2 is 1.96 bits per heavy atom. The lowest BCUT2D eigenvalue weighted by molar-refractivity contribution is -0.148. The van der Waals surface area contributed by atoms with Crippen molar-refractivity contribution in [3.8, 4) is 6.07 Å². The second kappa shape index (κ2) is 8.97. The van der Waals surface area contributed by atoms with Crippen molar-refractivity contribution in [3.63, 3.8) is 0 Å². The number of carbonyl (C=O) groups excluding carboxylic acids is 3. The maximum atomic E-state index is 12.8. The van der Waals surface area contributed by atoms with E-state index in [1.165, 1.54) is 23.5 Å². The number of rotatable bonds is 8. The average Bonchev–Trinajstić information content (AvgIpc) is 3.05. The molecule has 2 aromatic rings. The Bertz CT molecular complexity index is 855. The molecule has 134 valence electrons. The van der Waals surface area contributed by atoms with Crippen LogP contribution in [0, 0.1) is 24.1 Å². The molecule has 0 bridgehead atoms. The van der Waals surface area contributed by atoms with Crippen LogP contribution in [0.5, 0.6) is 0 Å². The van der Waals surface area contributed by atoms with Crippen molar-refractivity contribution in [2.75, 3.05) is 6.61 Å². The normalized spacial score (nSPS) is 11.4. The van der Waals surface area contributed by atoms with E-state index in [-0.39, 0.29) is 18.6 Å². The molecule has 0 aliphatic heterocycles. The number of thiazole rings is 1. The minimum atomic E-state index is -1.08. The minimum Gasteiger partial charge on any atom is -0.458 e. The van der Waals surface area contributed by atoms with E-state index in [2.05, 4.69) is 4.98 Å². The summed E-state index contributed by atoms with van der Waals surface area (Å²) in [4.78, 5) is 39.7. The highest BCUT2D eigenvalue weighted by Crippen LogP contribution is 2.20. The molecule has 1 aromatic carbocycles. The van der Waals surface area contributed by atoms with Gasteiger partial charge in [0.2, 0.25) is 0 Å². The molecule has 0 radical (unpaired) electrons. The van der Waals surface area contributed by atoms with E-state index in [4.69, 9.17) is 10.00 Å². The van der Waals surface area contributed by atoms with Crippen molar-refractivity contribution in [1.29, 1.82) is 5.26 Å². The number of aromatic nitrogens is 1. The standard InChI is InChI=1S/C18H15FN2O4S/c1-11-10-26-18(21-11)14(8-20)16(23)9-25-17(24)7-6-15(22)12-2-4-13(19)5-3-12/h2-5,10,14H,6-7,9H2,1H3/t14-/m0/s1. The number of aryl methyl sites for hydroxylation is 1. The van der Waals surface area contributed by atoms with Crippen LogP contribution >= 0.6 is 11.3 Å². The van der Waals surface area contributed by atoms with Crippen LogP contribution in [-0.4, -0.2) is 29.1 Å². The van der Waals surface area contributed by atoms with Crippen LogP contribution in [0.3, 0.4) is 0 Å². The second-order valence-corrected chi connectivity index (χ2v) is 6.34. The predicted molar refractivity (Wildman–Crippen MR) is 91.1 cm³/mol. The smallest absolute Gasteiger partial charge is 0.306 e. The summed E-state index contributed by atoms with van der Waals surface area (Å²) in [6.45, 7) is 1.19. The molecule has 0 amide bonds. The van der Waals surface area contributed by atoms with Gasteiger partial charge in [-0.2, -0.15) is 5.26 Å². The number of ether oxygens (including phenoxy) is 1. The van der Waals surface area contributed by atoms with Crippen molar-refractivity contribution >= 4 is 28.9 Å². The molecule has 0 N–H and O–H groups in total. The number of nitrogens with zero attached hydrogens (tertiary/aromatic N) is 2. The molecule has 0 aliphatic rings. The topological polar surface area (TPSA) is 97.1 Å². The highest BCUT2D eigenvalue weighted by molar-refractivity contribution is 7.09. The first-order valence-electron chi connectivity index (χ1n) is 7.69. The van der Waals surface area contributed by atoms with E-state index in [0.717, 1.165) is 12.1 Å². The van der Waals surface area contributed by atoms with Gasteiger partial charge < -0.3 is 4.74 Å². The van der Waals surface area contributed by atoms with Gasteiger partial charge in [0, 0.05) is 23.1 Å². The fourth-order valence-corrected chi connectivity index (χ4v) is 2.93. The molecule has 0 saturated carbocycles.